The molecule has 46 heavy (non-hydrogen) atoms. The molecule has 0 aromatic heterocycles. The van der Waals surface area contributed by atoms with Gasteiger partial charge in [0.1, 0.15) is 23.6 Å². The van der Waals surface area contributed by atoms with Gasteiger partial charge in [0.2, 0.25) is 0 Å². The van der Waals surface area contributed by atoms with E-state index < -0.39 is 78.5 Å². The number of fused-ring (bicyclic) bond motifs is 5. The molecule has 4 aliphatic rings. The number of aliphatic hydroxyl groups excluding tert-OH is 1. The second-order valence-electron chi connectivity index (χ2n) is 16.4. The molecule has 0 amide bonds. The molecule has 1 aromatic carbocycles. The minimum Gasteiger partial charge on any atom is -0.455 e. The molecule has 2 saturated carbocycles. The summed E-state index contributed by atoms with van der Waals surface area (Å²) < 4.78 is 26.0. The minimum atomic E-state index is -2.52. The van der Waals surface area contributed by atoms with Gasteiger partial charge in [0.05, 0.1) is 35.7 Å². The summed E-state index contributed by atoms with van der Waals surface area (Å²) >= 11 is 0. The van der Waals surface area contributed by atoms with Crippen molar-refractivity contribution in [2.75, 3.05) is 6.61 Å². The van der Waals surface area contributed by atoms with Crippen LogP contribution in [0.5, 0.6) is 0 Å². The van der Waals surface area contributed by atoms with Crippen molar-refractivity contribution in [2.24, 2.45) is 22.7 Å². The van der Waals surface area contributed by atoms with Crippen LogP contribution in [0.1, 0.15) is 85.5 Å². The van der Waals surface area contributed by atoms with Gasteiger partial charge in [-0.2, -0.15) is 0 Å². The Morgan fingerprint density at radius 2 is 1.70 bits per heavy atom. The topological polar surface area (TPSA) is 129 Å². The van der Waals surface area contributed by atoms with E-state index in [9.17, 15) is 19.8 Å². The lowest BCUT2D eigenvalue weighted by molar-refractivity contribution is -0.344. The maximum atomic E-state index is 15.4. The number of aliphatic hydroxyl groups is 2. The number of hydrogen-bond donors (Lipinski definition) is 2. The second kappa shape index (κ2) is 11.1. The molecule has 1 aliphatic heterocycles. The summed E-state index contributed by atoms with van der Waals surface area (Å²) in [6.45, 7) is 21.1. The summed E-state index contributed by atoms with van der Waals surface area (Å²) in [5, 5.41) is 24.4. The molecule has 0 radical (unpaired) electrons. The molecular formula is C36H52O9Si. The van der Waals surface area contributed by atoms with Crippen LogP contribution in [0.4, 0.5) is 0 Å². The first-order valence-electron chi connectivity index (χ1n) is 16.5. The SMILES string of the molecule is CC(=O)O[C@@]12CO[C@@H]1C[C@H](O[Si](C)(C)C(C)(C)C)[C@@]1(C)C(=O)[C@H](C)C3=C(C)[C@@H](O)C[C@@](O)([C@@H](OC(=O)c4ccccc4)C12)C3(C)C. The van der Waals surface area contributed by atoms with E-state index in [-0.39, 0.29) is 35.8 Å². The van der Waals surface area contributed by atoms with Crippen molar-refractivity contribution in [1.29, 1.82) is 0 Å². The van der Waals surface area contributed by atoms with Gasteiger partial charge in [-0.1, -0.05) is 59.7 Å². The lowest BCUT2D eigenvalue weighted by Gasteiger charge is -2.68. The fourth-order valence-electron chi connectivity index (χ4n) is 8.84. The Labute approximate surface area is 274 Å². The quantitative estimate of drug-likeness (QED) is 0.244. The normalized spacial score (nSPS) is 38.8. The number of carbonyl (C=O) groups excluding carboxylic acids is 3. The molecule has 1 unspecified atom stereocenters. The van der Waals surface area contributed by atoms with Crippen molar-refractivity contribution in [3.63, 3.8) is 0 Å². The zero-order valence-corrected chi connectivity index (χ0v) is 30.2. The van der Waals surface area contributed by atoms with E-state index in [1.807, 2.05) is 27.7 Å². The molecule has 5 rings (SSSR count). The highest BCUT2D eigenvalue weighted by Gasteiger charge is 2.78. The number of carbonyl (C=O) groups is 3. The predicted octanol–water partition coefficient (Wildman–Crippen LogP) is 5.39. The molecule has 9 atom stereocenters. The summed E-state index contributed by atoms with van der Waals surface area (Å²) in [6, 6.07) is 8.47. The van der Waals surface area contributed by atoms with Gasteiger partial charge in [-0.3, -0.25) is 9.59 Å². The van der Waals surface area contributed by atoms with Crippen molar-refractivity contribution in [1.82, 2.24) is 0 Å². The van der Waals surface area contributed by atoms with Gasteiger partial charge in [0, 0.05) is 31.1 Å². The zero-order chi connectivity index (χ0) is 34.4. The van der Waals surface area contributed by atoms with E-state index in [4.69, 9.17) is 18.6 Å². The van der Waals surface area contributed by atoms with E-state index in [1.165, 1.54) is 6.92 Å². The molecule has 2 bridgehead atoms. The Hall–Kier alpha value is -2.37. The van der Waals surface area contributed by atoms with E-state index in [0.717, 1.165) is 0 Å². The highest BCUT2D eigenvalue weighted by Crippen LogP contribution is 2.65. The number of benzene rings is 1. The molecule has 2 N–H and O–H groups in total. The Balaban J connectivity index is 1.84. The van der Waals surface area contributed by atoms with Gasteiger partial charge in [-0.05, 0) is 55.3 Å². The van der Waals surface area contributed by atoms with Crippen LogP contribution in [-0.2, 0) is 28.2 Å². The summed E-state index contributed by atoms with van der Waals surface area (Å²) in [4.78, 5) is 42.3. The summed E-state index contributed by atoms with van der Waals surface area (Å²) in [7, 11) is -2.52. The Bertz CT molecular complexity index is 1440. The van der Waals surface area contributed by atoms with Gasteiger partial charge in [0.15, 0.2) is 13.9 Å². The Morgan fingerprint density at radius 1 is 1.09 bits per heavy atom. The second-order valence-corrected chi connectivity index (χ2v) is 21.1. The summed E-state index contributed by atoms with van der Waals surface area (Å²) in [6.07, 6.45) is -3.71. The van der Waals surface area contributed by atoms with Crippen molar-refractivity contribution in [2.45, 2.75) is 129 Å². The molecule has 10 heteroatoms. The highest BCUT2D eigenvalue weighted by atomic mass is 28.4. The largest absolute Gasteiger partial charge is 0.455 e. The van der Waals surface area contributed by atoms with Gasteiger partial charge in [0.25, 0.3) is 0 Å². The van der Waals surface area contributed by atoms with Crippen molar-refractivity contribution in [3.8, 4) is 0 Å². The standard InChI is InChI=1S/C36H52O9Si/c1-20-24(38)18-36(41)30(43-31(40)23-15-13-12-14-16-23)28-34(9,29(39)21(2)27(20)33(36,7)8)25(45-46(10,11)32(4,5)6)17-26-35(28,19-42-26)44-22(3)37/h12-16,21,24-26,28,30,38,41H,17-19H2,1-11H3/t21-,24+,25+,26-,28?,30+,34-,35+,36-/m1/s1. The summed E-state index contributed by atoms with van der Waals surface area (Å²) in [5.74, 6) is -3.22. The lowest BCUT2D eigenvalue weighted by atomic mass is 9.43. The van der Waals surface area contributed by atoms with Gasteiger partial charge < -0.3 is 28.8 Å². The molecule has 1 aromatic rings. The molecule has 1 saturated heterocycles. The number of ketones is 1. The minimum absolute atomic E-state index is 0.0356. The zero-order valence-electron chi connectivity index (χ0n) is 29.2. The number of esters is 2. The number of Topliss-reactive ketones (excluding diaryl/α,β-unsaturated/α-hetero) is 1. The van der Waals surface area contributed by atoms with Crippen LogP contribution in [0.3, 0.4) is 0 Å². The van der Waals surface area contributed by atoms with E-state index >= 15 is 4.79 Å². The molecule has 3 fully saturated rings. The highest BCUT2D eigenvalue weighted by molar-refractivity contribution is 6.74. The molecule has 254 valence electrons. The van der Waals surface area contributed by atoms with Crippen LogP contribution in [0, 0.1) is 22.7 Å². The number of rotatable bonds is 5. The third-order valence-electron chi connectivity index (χ3n) is 12.5. The molecule has 1 heterocycles. The van der Waals surface area contributed by atoms with Crippen LogP contribution in [0.15, 0.2) is 41.5 Å². The van der Waals surface area contributed by atoms with Crippen LogP contribution < -0.4 is 0 Å². The molecule has 0 spiro atoms. The van der Waals surface area contributed by atoms with Crippen LogP contribution in [0.25, 0.3) is 0 Å². The van der Waals surface area contributed by atoms with E-state index in [2.05, 4.69) is 33.9 Å². The van der Waals surface area contributed by atoms with Gasteiger partial charge in [-0.25, -0.2) is 4.79 Å². The van der Waals surface area contributed by atoms with Gasteiger partial charge in [-0.15, -0.1) is 0 Å². The molecular weight excluding hydrogens is 604 g/mol. The third-order valence-corrected chi connectivity index (χ3v) is 16.9. The first-order chi connectivity index (χ1) is 21.1. The Kier molecular flexibility index (Phi) is 8.42. The van der Waals surface area contributed by atoms with Crippen LogP contribution in [-0.4, -0.2) is 78.5 Å². The van der Waals surface area contributed by atoms with Crippen molar-refractivity contribution >= 4 is 26.0 Å². The third kappa shape index (κ3) is 4.88. The number of ether oxygens (including phenoxy) is 3. The molecule has 3 aliphatic carbocycles. The van der Waals surface area contributed by atoms with Crippen LogP contribution >= 0.6 is 0 Å². The maximum Gasteiger partial charge on any atom is 0.338 e. The molecule has 9 nitrogen and oxygen atoms in total. The average molecular weight is 657 g/mol. The fraction of sp³-hybridized carbons (Fsp3) is 0.694. The fourth-order valence-corrected chi connectivity index (χ4v) is 10.2. The smallest absolute Gasteiger partial charge is 0.338 e. The van der Waals surface area contributed by atoms with E-state index in [1.54, 1.807) is 37.3 Å². The number of hydrogen-bond acceptors (Lipinski definition) is 9. The average Bonchev–Trinajstić information content (AvgIpc) is 2.94. The van der Waals surface area contributed by atoms with Crippen molar-refractivity contribution in [3.05, 3.63) is 47.0 Å². The maximum absolute atomic E-state index is 15.4. The van der Waals surface area contributed by atoms with E-state index in [0.29, 0.717) is 11.1 Å². The van der Waals surface area contributed by atoms with Crippen molar-refractivity contribution < 1.29 is 43.2 Å². The Morgan fingerprint density at radius 3 is 2.22 bits per heavy atom. The first kappa shape index (κ1) is 34.9. The van der Waals surface area contributed by atoms with Gasteiger partial charge >= 0.3 is 11.9 Å². The monoisotopic (exact) mass is 656 g/mol. The van der Waals surface area contributed by atoms with Crippen LogP contribution in [0.2, 0.25) is 18.1 Å². The summed E-state index contributed by atoms with van der Waals surface area (Å²) in [5.41, 5.74) is -4.28. The lowest BCUT2D eigenvalue weighted by Crippen LogP contribution is -2.81. The first-order valence-corrected chi connectivity index (χ1v) is 19.4. The predicted molar refractivity (Wildman–Crippen MR) is 174 cm³/mol.